The summed E-state index contributed by atoms with van der Waals surface area (Å²) in [5.41, 5.74) is 0. The minimum atomic E-state index is -0.944. The molecule has 1 rings (SSSR count). The van der Waals surface area contributed by atoms with E-state index in [1.165, 1.54) is 7.11 Å². The number of hydrogen-bond donors (Lipinski definition) is 1. The molecule has 0 aromatic carbocycles. The number of aliphatic carboxylic acids is 1. The third kappa shape index (κ3) is 3.74. The first-order valence-electron chi connectivity index (χ1n) is 4.92. The quantitative estimate of drug-likeness (QED) is 0.575. The molecule has 0 aliphatic rings. The lowest BCUT2D eigenvalue weighted by molar-refractivity contribution is -0.141. The Bertz CT molecular complexity index is 418. The molecular formula is C9H13N3O4S. The highest BCUT2D eigenvalue weighted by Gasteiger charge is 2.15. The molecule has 1 heterocycles. The Morgan fingerprint density at radius 2 is 2.18 bits per heavy atom. The Hall–Kier alpha value is -1.57. The highest BCUT2D eigenvalue weighted by molar-refractivity contribution is 7.99. The Kier molecular flexibility index (Phi) is 4.95. The molecule has 0 saturated carbocycles. The molecule has 94 valence electrons. The standard InChI is InChI=1S/C9H13N3O4S/c1-3-6-10-11-9(17-5-7(13)14)12(6)4-8(15)16-2/h3-5H2,1-2H3,(H,13,14). The fraction of sp³-hybridized carbons (Fsp3) is 0.556. The number of hydrogen-bond acceptors (Lipinski definition) is 6. The number of nitrogens with zero attached hydrogens (tertiary/aromatic N) is 3. The van der Waals surface area contributed by atoms with Crippen molar-refractivity contribution in [2.24, 2.45) is 0 Å². The molecule has 17 heavy (non-hydrogen) atoms. The van der Waals surface area contributed by atoms with E-state index < -0.39 is 11.9 Å². The van der Waals surface area contributed by atoms with Gasteiger partial charge in [0.05, 0.1) is 12.9 Å². The van der Waals surface area contributed by atoms with Crippen LogP contribution in [-0.4, -0.2) is 44.7 Å². The molecule has 0 aliphatic heterocycles. The molecule has 0 aliphatic carbocycles. The van der Waals surface area contributed by atoms with Crippen molar-refractivity contribution in [1.82, 2.24) is 14.8 Å². The molecule has 0 fully saturated rings. The summed E-state index contributed by atoms with van der Waals surface area (Å²) in [5.74, 6) is -0.858. The fourth-order valence-electron chi connectivity index (χ4n) is 1.17. The zero-order valence-corrected chi connectivity index (χ0v) is 10.4. The van der Waals surface area contributed by atoms with Crippen LogP contribution in [0.1, 0.15) is 12.7 Å². The number of ether oxygens (including phenoxy) is 1. The third-order valence-corrected chi connectivity index (χ3v) is 2.90. The molecule has 1 aromatic heterocycles. The van der Waals surface area contributed by atoms with E-state index in [-0.39, 0.29) is 12.3 Å². The molecule has 0 radical (unpaired) electrons. The number of carbonyl (C=O) groups excluding carboxylic acids is 1. The molecule has 0 spiro atoms. The Morgan fingerprint density at radius 1 is 1.47 bits per heavy atom. The van der Waals surface area contributed by atoms with Crippen LogP contribution in [0.3, 0.4) is 0 Å². The number of esters is 1. The van der Waals surface area contributed by atoms with Crippen molar-refractivity contribution in [3.05, 3.63) is 5.82 Å². The maximum Gasteiger partial charge on any atom is 0.325 e. The summed E-state index contributed by atoms with van der Waals surface area (Å²) < 4.78 is 6.13. The lowest BCUT2D eigenvalue weighted by Gasteiger charge is -2.06. The van der Waals surface area contributed by atoms with Crippen molar-refractivity contribution in [1.29, 1.82) is 0 Å². The Balaban J connectivity index is 2.85. The van der Waals surface area contributed by atoms with Crippen LogP contribution >= 0.6 is 11.8 Å². The summed E-state index contributed by atoms with van der Waals surface area (Å²) in [6.45, 7) is 1.87. The van der Waals surface area contributed by atoms with E-state index in [0.29, 0.717) is 17.4 Å². The number of aromatic nitrogens is 3. The summed E-state index contributed by atoms with van der Waals surface area (Å²) in [6, 6.07) is 0. The van der Waals surface area contributed by atoms with Crippen LogP contribution in [0.2, 0.25) is 0 Å². The smallest absolute Gasteiger partial charge is 0.325 e. The third-order valence-electron chi connectivity index (χ3n) is 1.95. The van der Waals surface area contributed by atoms with Crippen LogP contribution in [0.5, 0.6) is 0 Å². The van der Waals surface area contributed by atoms with Crippen LogP contribution in [-0.2, 0) is 27.3 Å². The lowest BCUT2D eigenvalue weighted by Crippen LogP contribution is -2.15. The molecule has 0 unspecified atom stereocenters. The topological polar surface area (TPSA) is 94.3 Å². The summed E-state index contributed by atoms with van der Waals surface area (Å²) in [5, 5.41) is 16.7. The molecule has 0 bridgehead atoms. The molecule has 1 aromatic rings. The van der Waals surface area contributed by atoms with Gasteiger partial charge in [-0.3, -0.25) is 14.2 Å². The van der Waals surface area contributed by atoms with Crippen LogP contribution in [0, 0.1) is 0 Å². The Morgan fingerprint density at radius 3 is 2.71 bits per heavy atom. The van der Waals surface area contributed by atoms with Gasteiger partial charge in [0.25, 0.3) is 0 Å². The van der Waals surface area contributed by atoms with Gasteiger partial charge in [0, 0.05) is 6.42 Å². The first-order chi connectivity index (χ1) is 8.08. The molecule has 7 nitrogen and oxygen atoms in total. The SMILES string of the molecule is CCc1nnc(SCC(=O)O)n1CC(=O)OC. The van der Waals surface area contributed by atoms with Gasteiger partial charge in [-0.2, -0.15) is 0 Å². The van der Waals surface area contributed by atoms with Gasteiger partial charge < -0.3 is 9.84 Å². The summed E-state index contributed by atoms with van der Waals surface area (Å²) in [7, 11) is 1.29. The van der Waals surface area contributed by atoms with Crippen LogP contribution < -0.4 is 0 Å². The second kappa shape index (κ2) is 6.24. The van der Waals surface area contributed by atoms with Gasteiger partial charge >= 0.3 is 11.9 Å². The second-order valence-electron chi connectivity index (χ2n) is 3.10. The number of carbonyl (C=O) groups is 2. The lowest BCUT2D eigenvalue weighted by atomic mass is 10.4. The summed E-state index contributed by atoms with van der Waals surface area (Å²) in [6.07, 6.45) is 0.609. The fourth-order valence-corrected chi connectivity index (χ4v) is 1.84. The van der Waals surface area contributed by atoms with Gasteiger partial charge in [-0.15, -0.1) is 10.2 Å². The van der Waals surface area contributed by atoms with Gasteiger partial charge in [-0.25, -0.2) is 0 Å². The van der Waals surface area contributed by atoms with Gasteiger partial charge in [-0.1, -0.05) is 18.7 Å². The highest BCUT2D eigenvalue weighted by atomic mass is 32.2. The first kappa shape index (κ1) is 13.5. The maximum absolute atomic E-state index is 11.2. The minimum absolute atomic E-state index is 0.00533. The maximum atomic E-state index is 11.2. The van der Waals surface area contributed by atoms with Crippen molar-refractivity contribution < 1.29 is 19.4 Å². The normalized spacial score (nSPS) is 10.2. The van der Waals surface area contributed by atoms with E-state index in [4.69, 9.17) is 5.11 Å². The van der Waals surface area contributed by atoms with Gasteiger partial charge in [0.15, 0.2) is 5.16 Å². The average molecular weight is 259 g/mol. The van der Waals surface area contributed by atoms with Crippen molar-refractivity contribution in [2.75, 3.05) is 12.9 Å². The zero-order chi connectivity index (χ0) is 12.8. The number of rotatable bonds is 6. The van der Waals surface area contributed by atoms with E-state index in [0.717, 1.165) is 11.8 Å². The molecule has 0 atom stereocenters. The van der Waals surface area contributed by atoms with Crippen molar-refractivity contribution in [3.8, 4) is 0 Å². The summed E-state index contributed by atoms with van der Waals surface area (Å²) in [4.78, 5) is 21.7. The second-order valence-corrected chi connectivity index (χ2v) is 4.04. The van der Waals surface area contributed by atoms with Crippen molar-refractivity contribution in [2.45, 2.75) is 25.0 Å². The van der Waals surface area contributed by atoms with E-state index in [1.807, 2.05) is 6.92 Å². The van der Waals surface area contributed by atoms with E-state index in [9.17, 15) is 9.59 Å². The van der Waals surface area contributed by atoms with Gasteiger partial charge in [0.1, 0.15) is 12.4 Å². The van der Waals surface area contributed by atoms with Crippen molar-refractivity contribution in [3.63, 3.8) is 0 Å². The molecule has 1 N–H and O–H groups in total. The summed E-state index contributed by atoms with van der Waals surface area (Å²) >= 11 is 1.03. The van der Waals surface area contributed by atoms with Crippen LogP contribution in [0.25, 0.3) is 0 Å². The Labute approximate surface area is 102 Å². The van der Waals surface area contributed by atoms with Crippen molar-refractivity contribution >= 4 is 23.7 Å². The van der Waals surface area contributed by atoms with E-state index >= 15 is 0 Å². The number of carboxylic acid groups (broad SMARTS) is 1. The molecule has 0 saturated heterocycles. The zero-order valence-electron chi connectivity index (χ0n) is 9.54. The van der Waals surface area contributed by atoms with Crippen LogP contribution in [0.4, 0.5) is 0 Å². The largest absolute Gasteiger partial charge is 0.481 e. The van der Waals surface area contributed by atoms with E-state index in [2.05, 4.69) is 14.9 Å². The minimum Gasteiger partial charge on any atom is -0.481 e. The average Bonchev–Trinajstić information content (AvgIpc) is 2.68. The number of carboxylic acids is 1. The van der Waals surface area contributed by atoms with E-state index in [1.54, 1.807) is 4.57 Å². The monoisotopic (exact) mass is 259 g/mol. The molecule has 0 amide bonds. The predicted octanol–water partition coefficient (Wildman–Crippen LogP) is 0.190. The molecule has 8 heteroatoms. The van der Waals surface area contributed by atoms with Gasteiger partial charge in [-0.05, 0) is 0 Å². The number of thioether (sulfide) groups is 1. The van der Waals surface area contributed by atoms with Crippen LogP contribution in [0.15, 0.2) is 5.16 Å². The first-order valence-corrected chi connectivity index (χ1v) is 5.90. The number of aryl methyl sites for hydroxylation is 1. The predicted molar refractivity (Wildman–Crippen MR) is 59.8 cm³/mol. The highest BCUT2D eigenvalue weighted by Crippen LogP contribution is 2.17. The molecular weight excluding hydrogens is 246 g/mol. The number of methoxy groups -OCH3 is 1. The van der Waals surface area contributed by atoms with Gasteiger partial charge in [0.2, 0.25) is 0 Å².